The van der Waals surface area contributed by atoms with Crippen LogP contribution in [0.1, 0.15) is 21.5 Å². The summed E-state index contributed by atoms with van der Waals surface area (Å²) in [6.07, 6.45) is 0. The minimum Gasteiger partial charge on any atom is -0.496 e. The number of hydrogen-bond acceptors (Lipinski definition) is 4. The number of carbonyl (C=O) groups excluding carboxylic acids is 1. The molecule has 27 heavy (non-hydrogen) atoms. The molecule has 1 amide bonds. The van der Waals surface area contributed by atoms with E-state index in [4.69, 9.17) is 21.1 Å². The average Bonchev–Trinajstić information content (AvgIpc) is 2.69. The monoisotopic (exact) mass is 388 g/mol. The molecule has 6 heteroatoms. The maximum Gasteiger partial charge on any atom is 0.253 e. The molecule has 3 rings (SSSR count). The van der Waals surface area contributed by atoms with E-state index in [0.29, 0.717) is 25.3 Å². The van der Waals surface area contributed by atoms with Crippen LogP contribution in [0.3, 0.4) is 0 Å². The lowest BCUT2D eigenvalue weighted by atomic mass is 10.1. The first-order valence-electron chi connectivity index (χ1n) is 8.99. The number of piperazine rings is 1. The van der Waals surface area contributed by atoms with E-state index >= 15 is 0 Å². The van der Waals surface area contributed by atoms with Crippen LogP contribution in [0.4, 0.5) is 5.69 Å². The zero-order valence-corrected chi connectivity index (χ0v) is 16.8. The molecule has 0 atom stereocenters. The van der Waals surface area contributed by atoms with Gasteiger partial charge in [0.1, 0.15) is 5.75 Å². The number of ether oxygens (including phenoxy) is 2. The Bertz CT molecular complexity index is 817. The molecule has 0 radical (unpaired) electrons. The summed E-state index contributed by atoms with van der Waals surface area (Å²) in [5.41, 5.74) is 3.87. The first-order valence-corrected chi connectivity index (χ1v) is 9.37. The average molecular weight is 389 g/mol. The van der Waals surface area contributed by atoms with Crippen molar-refractivity contribution in [1.82, 2.24) is 4.90 Å². The van der Waals surface area contributed by atoms with Crippen molar-refractivity contribution in [1.29, 1.82) is 0 Å². The largest absolute Gasteiger partial charge is 0.496 e. The Morgan fingerprint density at radius 1 is 1.07 bits per heavy atom. The maximum absolute atomic E-state index is 12.9. The number of nitrogens with zero attached hydrogens (tertiary/aromatic N) is 2. The van der Waals surface area contributed by atoms with Crippen LogP contribution < -0.4 is 9.64 Å². The molecule has 0 bridgehead atoms. The molecule has 0 aliphatic carbocycles. The quantitative estimate of drug-likeness (QED) is 0.782. The minimum absolute atomic E-state index is 0.0393. The lowest BCUT2D eigenvalue weighted by Crippen LogP contribution is -2.49. The van der Waals surface area contributed by atoms with Gasteiger partial charge in [-0.1, -0.05) is 17.7 Å². The Morgan fingerprint density at radius 3 is 2.48 bits per heavy atom. The third kappa shape index (κ3) is 4.37. The first-order chi connectivity index (χ1) is 13.0. The highest BCUT2D eigenvalue weighted by Crippen LogP contribution is 2.26. The second-order valence-corrected chi connectivity index (χ2v) is 7.11. The Labute approximate surface area is 165 Å². The van der Waals surface area contributed by atoms with E-state index in [-0.39, 0.29) is 5.91 Å². The fourth-order valence-electron chi connectivity index (χ4n) is 3.44. The third-order valence-electron chi connectivity index (χ3n) is 4.91. The highest BCUT2D eigenvalue weighted by molar-refractivity contribution is 6.30. The van der Waals surface area contributed by atoms with Crippen molar-refractivity contribution in [2.24, 2.45) is 0 Å². The molecule has 0 saturated carbocycles. The fraction of sp³-hybridized carbons (Fsp3) is 0.381. The van der Waals surface area contributed by atoms with Gasteiger partial charge in [-0.3, -0.25) is 4.79 Å². The van der Waals surface area contributed by atoms with Gasteiger partial charge >= 0.3 is 0 Å². The summed E-state index contributed by atoms with van der Waals surface area (Å²) in [4.78, 5) is 17.1. The SMILES string of the molecule is COCc1cc(C(=O)N2CCN(c3cc(Cl)ccc3C)CC2)ccc1OC. The Morgan fingerprint density at radius 2 is 1.81 bits per heavy atom. The van der Waals surface area contributed by atoms with Gasteiger partial charge in [-0.2, -0.15) is 0 Å². The van der Waals surface area contributed by atoms with E-state index in [9.17, 15) is 4.79 Å². The fourth-order valence-corrected chi connectivity index (χ4v) is 3.60. The van der Waals surface area contributed by atoms with Gasteiger partial charge in [-0.25, -0.2) is 0 Å². The summed E-state index contributed by atoms with van der Waals surface area (Å²) in [6.45, 7) is 5.42. The molecule has 0 unspecified atom stereocenters. The van der Waals surface area contributed by atoms with E-state index < -0.39 is 0 Å². The van der Waals surface area contributed by atoms with Crippen molar-refractivity contribution in [3.05, 3.63) is 58.1 Å². The molecule has 0 N–H and O–H groups in total. The number of anilines is 1. The van der Waals surface area contributed by atoms with Crippen LogP contribution in [0.2, 0.25) is 5.02 Å². The summed E-state index contributed by atoms with van der Waals surface area (Å²) < 4.78 is 10.6. The Kier molecular flexibility index (Phi) is 6.24. The van der Waals surface area contributed by atoms with Crippen LogP contribution in [0, 0.1) is 6.92 Å². The summed E-state index contributed by atoms with van der Waals surface area (Å²) in [6, 6.07) is 11.4. The summed E-state index contributed by atoms with van der Waals surface area (Å²) in [7, 11) is 3.25. The van der Waals surface area contributed by atoms with Crippen molar-refractivity contribution in [2.45, 2.75) is 13.5 Å². The van der Waals surface area contributed by atoms with Crippen LogP contribution in [0.15, 0.2) is 36.4 Å². The first kappa shape index (κ1) is 19.5. The second kappa shape index (κ2) is 8.63. The van der Waals surface area contributed by atoms with Crippen molar-refractivity contribution in [3.63, 3.8) is 0 Å². The molecule has 1 saturated heterocycles. The van der Waals surface area contributed by atoms with E-state index in [1.54, 1.807) is 14.2 Å². The number of methoxy groups -OCH3 is 2. The van der Waals surface area contributed by atoms with E-state index in [2.05, 4.69) is 11.8 Å². The molecule has 1 heterocycles. The number of benzene rings is 2. The number of amides is 1. The molecule has 1 aliphatic heterocycles. The Hall–Kier alpha value is -2.24. The maximum atomic E-state index is 12.9. The smallest absolute Gasteiger partial charge is 0.253 e. The van der Waals surface area contributed by atoms with Crippen LogP contribution in [-0.2, 0) is 11.3 Å². The highest BCUT2D eigenvalue weighted by Gasteiger charge is 2.23. The van der Waals surface area contributed by atoms with Gasteiger partial charge in [0.25, 0.3) is 5.91 Å². The molecular weight excluding hydrogens is 364 g/mol. The number of aryl methyl sites for hydroxylation is 1. The minimum atomic E-state index is 0.0393. The van der Waals surface area contributed by atoms with Crippen molar-refractivity contribution < 1.29 is 14.3 Å². The highest BCUT2D eigenvalue weighted by atomic mass is 35.5. The van der Waals surface area contributed by atoms with Crippen LogP contribution in [-0.4, -0.2) is 51.2 Å². The molecule has 0 spiro atoms. The topological polar surface area (TPSA) is 42.0 Å². The summed E-state index contributed by atoms with van der Waals surface area (Å²) in [5.74, 6) is 0.770. The predicted octanol–water partition coefficient (Wildman–Crippen LogP) is 3.77. The summed E-state index contributed by atoms with van der Waals surface area (Å²) >= 11 is 6.15. The van der Waals surface area contributed by atoms with Gasteiger partial charge in [-0.05, 0) is 42.8 Å². The number of halogens is 1. The molecule has 2 aromatic rings. The number of hydrogen-bond donors (Lipinski definition) is 0. The summed E-state index contributed by atoms with van der Waals surface area (Å²) in [5, 5.41) is 0.734. The van der Waals surface area contributed by atoms with Gasteiger partial charge in [-0.15, -0.1) is 0 Å². The third-order valence-corrected chi connectivity index (χ3v) is 5.14. The van der Waals surface area contributed by atoms with E-state index in [0.717, 1.165) is 35.1 Å². The normalized spacial score (nSPS) is 14.4. The van der Waals surface area contributed by atoms with Crippen LogP contribution in [0.5, 0.6) is 5.75 Å². The van der Waals surface area contributed by atoms with Gasteiger partial charge in [0, 0.05) is 55.1 Å². The van der Waals surface area contributed by atoms with Crippen molar-refractivity contribution in [3.8, 4) is 5.75 Å². The van der Waals surface area contributed by atoms with Crippen molar-refractivity contribution >= 4 is 23.2 Å². The predicted molar refractivity (Wildman–Crippen MR) is 108 cm³/mol. The van der Waals surface area contributed by atoms with Crippen LogP contribution >= 0.6 is 11.6 Å². The van der Waals surface area contributed by atoms with E-state index in [1.807, 2.05) is 41.3 Å². The molecule has 0 aromatic heterocycles. The molecule has 1 fully saturated rings. The standard InChI is InChI=1S/C21H25ClN2O3/c1-15-4-6-18(22)13-19(15)23-8-10-24(11-9-23)21(25)16-5-7-20(27-3)17(12-16)14-26-2/h4-7,12-13H,8-11,14H2,1-3H3. The van der Waals surface area contributed by atoms with Gasteiger partial charge in [0.2, 0.25) is 0 Å². The molecule has 1 aliphatic rings. The van der Waals surface area contributed by atoms with Crippen LogP contribution in [0.25, 0.3) is 0 Å². The number of rotatable bonds is 5. The molecular formula is C21H25ClN2O3. The zero-order valence-electron chi connectivity index (χ0n) is 16.0. The second-order valence-electron chi connectivity index (χ2n) is 6.67. The van der Waals surface area contributed by atoms with Gasteiger partial charge in [0.15, 0.2) is 0 Å². The lowest BCUT2D eigenvalue weighted by Gasteiger charge is -2.37. The van der Waals surface area contributed by atoms with Crippen molar-refractivity contribution in [2.75, 3.05) is 45.3 Å². The van der Waals surface area contributed by atoms with E-state index in [1.165, 1.54) is 5.56 Å². The van der Waals surface area contributed by atoms with Gasteiger partial charge < -0.3 is 19.3 Å². The number of carbonyl (C=O) groups is 1. The van der Waals surface area contributed by atoms with Gasteiger partial charge in [0.05, 0.1) is 13.7 Å². The lowest BCUT2D eigenvalue weighted by molar-refractivity contribution is 0.0746. The molecule has 144 valence electrons. The zero-order chi connectivity index (χ0) is 19.4. The molecule has 5 nitrogen and oxygen atoms in total. The Balaban J connectivity index is 1.70. The molecule has 2 aromatic carbocycles.